The fourth-order valence-corrected chi connectivity index (χ4v) is 1.14. The van der Waals surface area contributed by atoms with E-state index in [9.17, 15) is 4.79 Å². The van der Waals surface area contributed by atoms with Crippen LogP contribution in [0.3, 0.4) is 0 Å². The van der Waals surface area contributed by atoms with Gasteiger partial charge >= 0.3 is 0 Å². The highest BCUT2D eigenvalue weighted by atomic mass is 16.3. The number of anilines is 1. The molecule has 0 atom stereocenters. The Morgan fingerprint density at radius 1 is 1.73 bits per heavy atom. The van der Waals surface area contributed by atoms with E-state index in [0.717, 1.165) is 0 Å². The number of aromatic nitrogens is 2. The minimum Gasteiger partial charge on any atom is -0.396 e. The molecule has 6 heteroatoms. The summed E-state index contributed by atoms with van der Waals surface area (Å²) in [5, 5.41) is 15.2. The topological polar surface area (TPSA) is 93.2 Å². The SMILES string of the molecule is CCn1cc(N)c(C(=O)NCCCO)n1. The first-order chi connectivity index (χ1) is 7.19. The second kappa shape index (κ2) is 5.35. The van der Waals surface area contributed by atoms with E-state index in [-0.39, 0.29) is 18.2 Å². The van der Waals surface area contributed by atoms with Gasteiger partial charge in [0.15, 0.2) is 5.69 Å². The highest BCUT2D eigenvalue weighted by Crippen LogP contribution is 2.08. The number of carbonyl (C=O) groups is 1. The molecular weight excluding hydrogens is 196 g/mol. The van der Waals surface area contributed by atoms with Gasteiger partial charge in [-0.1, -0.05) is 0 Å². The summed E-state index contributed by atoms with van der Waals surface area (Å²) in [6, 6.07) is 0. The van der Waals surface area contributed by atoms with Crippen molar-refractivity contribution in [1.29, 1.82) is 0 Å². The molecule has 1 amide bonds. The van der Waals surface area contributed by atoms with Crippen molar-refractivity contribution in [1.82, 2.24) is 15.1 Å². The molecule has 1 rings (SSSR count). The molecule has 0 saturated heterocycles. The number of nitrogens with two attached hydrogens (primary N) is 1. The predicted octanol–water partition coefficient (Wildman–Crippen LogP) is -0.403. The summed E-state index contributed by atoms with van der Waals surface area (Å²) in [5.41, 5.74) is 6.25. The van der Waals surface area contributed by atoms with Crippen LogP contribution in [-0.2, 0) is 6.54 Å². The van der Waals surface area contributed by atoms with Gasteiger partial charge < -0.3 is 16.2 Å². The van der Waals surface area contributed by atoms with Crippen LogP contribution in [0.2, 0.25) is 0 Å². The molecule has 0 aliphatic carbocycles. The molecule has 6 nitrogen and oxygen atoms in total. The quantitative estimate of drug-likeness (QED) is 0.579. The van der Waals surface area contributed by atoms with E-state index in [1.807, 2.05) is 6.92 Å². The number of aryl methyl sites for hydroxylation is 1. The van der Waals surface area contributed by atoms with Crippen molar-refractivity contribution in [2.24, 2.45) is 0 Å². The van der Waals surface area contributed by atoms with Crippen molar-refractivity contribution in [3.8, 4) is 0 Å². The Balaban J connectivity index is 2.60. The average Bonchev–Trinajstić information content (AvgIpc) is 2.60. The standard InChI is InChI=1S/C9H16N4O2/c1-2-13-6-7(10)8(12-13)9(15)11-4-3-5-14/h6,14H,2-5,10H2,1H3,(H,11,15). The van der Waals surface area contributed by atoms with Crippen LogP contribution in [0.1, 0.15) is 23.8 Å². The number of nitrogens with zero attached hydrogens (tertiary/aromatic N) is 2. The first-order valence-electron chi connectivity index (χ1n) is 4.91. The van der Waals surface area contributed by atoms with E-state index in [2.05, 4.69) is 10.4 Å². The smallest absolute Gasteiger partial charge is 0.273 e. The Kier molecular flexibility index (Phi) is 4.11. The maximum absolute atomic E-state index is 11.5. The van der Waals surface area contributed by atoms with Crippen LogP contribution in [0.25, 0.3) is 0 Å². The lowest BCUT2D eigenvalue weighted by molar-refractivity contribution is 0.0946. The molecule has 1 aromatic heterocycles. The molecule has 84 valence electrons. The van der Waals surface area contributed by atoms with E-state index < -0.39 is 0 Å². The molecular formula is C9H16N4O2. The van der Waals surface area contributed by atoms with Crippen LogP contribution in [0.4, 0.5) is 5.69 Å². The normalized spacial score (nSPS) is 10.3. The van der Waals surface area contributed by atoms with Crippen LogP contribution in [0.15, 0.2) is 6.20 Å². The van der Waals surface area contributed by atoms with Crippen LogP contribution in [0, 0.1) is 0 Å². The number of aliphatic hydroxyl groups is 1. The Hall–Kier alpha value is -1.56. The van der Waals surface area contributed by atoms with Crippen LogP contribution in [0.5, 0.6) is 0 Å². The first-order valence-corrected chi connectivity index (χ1v) is 4.91. The van der Waals surface area contributed by atoms with Gasteiger partial charge in [-0.05, 0) is 13.3 Å². The Morgan fingerprint density at radius 2 is 2.47 bits per heavy atom. The third-order valence-electron chi connectivity index (χ3n) is 1.95. The largest absolute Gasteiger partial charge is 0.396 e. The fraction of sp³-hybridized carbons (Fsp3) is 0.556. The summed E-state index contributed by atoms with van der Waals surface area (Å²) >= 11 is 0. The summed E-state index contributed by atoms with van der Waals surface area (Å²) in [7, 11) is 0. The lowest BCUT2D eigenvalue weighted by Crippen LogP contribution is -2.26. The Bertz CT molecular complexity index is 335. The Morgan fingerprint density at radius 3 is 3.00 bits per heavy atom. The van der Waals surface area contributed by atoms with Crippen molar-refractivity contribution < 1.29 is 9.90 Å². The summed E-state index contributed by atoms with van der Waals surface area (Å²) < 4.78 is 1.61. The van der Waals surface area contributed by atoms with Gasteiger partial charge in [0, 0.05) is 25.9 Å². The number of carbonyl (C=O) groups excluding carboxylic acids is 1. The molecule has 0 aromatic carbocycles. The molecule has 0 fully saturated rings. The number of hydrogen-bond donors (Lipinski definition) is 3. The van der Waals surface area contributed by atoms with Crippen LogP contribution < -0.4 is 11.1 Å². The maximum atomic E-state index is 11.5. The zero-order chi connectivity index (χ0) is 11.3. The summed E-state index contributed by atoms with van der Waals surface area (Å²) in [6.07, 6.45) is 2.15. The van der Waals surface area contributed by atoms with E-state index in [4.69, 9.17) is 10.8 Å². The monoisotopic (exact) mass is 212 g/mol. The van der Waals surface area contributed by atoms with Crippen molar-refractivity contribution in [2.75, 3.05) is 18.9 Å². The molecule has 0 saturated carbocycles. The summed E-state index contributed by atoms with van der Waals surface area (Å²) in [4.78, 5) is 11.5. The molecule has 4 N–H and O–H groups in total. The third kappa shape index (κ3) is 2.95. The number of rotatable bonds is 5. The second-order valence-electron chi connectivity index (χ2n) is 3.12. The van der Waals surface area contributed by atoms with Gasteiger partial charge in [-0.3, -0.25) is 9.48 Å². The second-order valence-corrected chi connectivity index (χ2v) is 3.12. The Labute approximate surface area is 88.1 Å². The van der Waals surface area contributed by atoms with Gasteiger partial charge in [-0.2, -0.15) is 5.10 Å². The van der Waals surface area contributed by atoms with Crippen LogP contribution >= 0.6 is 0 Å². The van der Waals surface area contributed by atoms with Gasteiger partial charge in [-0.25, -0.2) is 0 Å². The highest BCUT2D eigenvalue weighted by molar-refractivity contribution is 5.96. The van der Waals surface area contributed by atoms with Crippen molar-refractivity contribution in [2.45, 2.75) is 19.9 Å². The lowest BCUT2D eigenvalue weighted by atomic mass is 10.3. The zero-order valence-corrected chi connectivity index (χ0v) is 8.73. The fourth-order valence-electron chi connectivity index (χ4n) is 1.14. The molecule has 1 heterocycles. The molecule has 1 aromatic rings. The average molecular weight is 212 g/mol. The molecule has 15 heavy (non-hydrogen) atoms. The van der Waals surface area contributed by atoms with Gasteiger partial charge in [-0.15, -0.1) is 0 Å². The zero-order valence-electron chi connectivity index (χ0n) is 8.73. The molecule has 0 unspecified atom stereocenters. The molecule has 0 bridgehead atoms. The van der Waals surface area contributed by atoms with Crippen molar-refractivity contribution in [3.63, 3.8) is 0 Å². The highest BCUT2D eigenvalue weighted by Gasteiger charge is 2.13. The maximum Gasteiger partial charge on any atom is 0.273 e. The van der Waals surface area contributed by atoms with Gasteiger partial charge in [0.2, 0.25) is 0 Å². The van der Waals surface area contributed by atoms with E-state index in [0.29, 0.717) is 25.2 Å². The number of aliphatic hydroxyl groups excluding tert-OH is 1. The lowest BCUT2D eigenvalue weighted by Gasteiger charge is -2.01. The van der Waals surface area contributed by atoms with Gasteiger partial charge in [0.1, 0.15) is 0 Å². The summed E-state index contributed by atoms with van der Waals surface area (Å²) in [6.45, 7) is 3.07. The van der Waals surface area contributed by atoms with E-state index in [1.165, 1.54) is 0 Å². The first kappa shape index (κ1) is 11.5. The van der Waals surface area contributed by atoms with Gasteiger partial charge in [0.25, 0.3) is 5.91 Å². The van der Waals surface area contributed by atoms with Crippen molar-refractivity contribution >= 4 is 11.6 Å². The number of amides is 1. The molecule has 0 spiro atoms. The minimum absolute atomic E-state index is 0.0547. The summed E-state index contributed by atoms with van der Waals surface area (Å²) in [5.74, 6) is -0.298. The van der Waals surface area contributed by atoms with E-state index >= 15 is 0 Å². The molecule has 0 radical (unpaired) electrons. The number of nitrogen functional groups attached to an aromatic ring is 1. The molecule has 0 aliphatic heterocycles. The third-order valence-corrected chi connectivity index (χ3v) is 1.95. The number of hydrogen-bond acceptors (Lipinski definition) is 4. The molecule has 0 aliphatic rings. The number of nitrogens with one attached hydrogen (secondary N) is 1. The minimum atomic E-state index is -0.298. The van der Waals surface area contributed by atoms with E-state index in [1.54, 1.807) is 10.9 Å². The van der Waals surface area contributed by atoms with Crippen molar-refractivity contribution in [3.05, 3.63) is 11.9 Å². The van der Waals surface area contributed by atoms with Crippen LogP contribution in [-0.4, -0.2) is 33.9 Å². The predicted molar refractivity (Wildman–Crippen MR) is 56.3 cm³/mol. The van der Waals surface area contributed by atoms with Gasteiger partial charge in [0.05, 0.1) is 5.69 Å².